The van der Waals surface area contributed by atoms with Crippen LogP contribution in [0.1, 0.15) is 43.5 Å². The molecule has 3 heterocycles. The van der Waals surface area contributed by atoms with Gasteiger partial charge in [-0.3, -0.25) is 4.79 Å². The number of hydrogen-bond donors (Lipinski definition) is 1. The van der Waals surface area contributed by atoms with Gasteiger partial charge in [0.2, 0.25) is 0 Å². The number of aryl methyl sites for hydroxylation is 2. The fraction of sp³-hybridized carbons (Fsp3) is 0.360. The van der Waals surface area contributed by atoms with Crippen LogP contribution in [0.3, 0.4) is 0 Å². The Hall–Kier alpha value is -3.15. The first-order valence-electron chi connectivity index (χ1n) is 11.0. The van der Waals surface area contributed by atoms with Crippen molar-refractivity contribution >= 4 is 16.6 Å². The Labute approximate surface area is 180 Å². The minimum Gasteiger partial charge on any atom is -0.371 e. The molecule has 1 aliphatic carbocycles. The molecule has 0 unspecified atom stereocenters. The van der Waals surface area contributed by atoms with Crippen molar-refractivity contribution in [1.29, 1.82) is 0 Å². The smallest absolute Gasteiger partial charge is 0.260 e. The van der Waals surface area contributed by atoms with E-state index in [2.05, 4.69) is 16.0 Å². The van der Waals surface area contributed by atoms with Crippen LogP contribution in [0, 0.1) is 5.82 Å². The van der Waals surface area contributed by atoms with Gasteiger partial charge in [0.05, 0.1) is 5.39 Å². The number of nitrogens with one attached hydrogen (secondary N) is 1. The average molecular weight is 419 g/mol. The van der Waals surface area contributed by atoms with Crippen LogP contribution in [0.15, 0.2) is 58.7 Å². The molecule has 0 spiro atoms. The number of allylic oxidation sites excluding steroid dienone is 2. The van der Waals surface area contributed by atoms with Crippen molar-refractivity contribution in [1.82, 2.24) is 19.4 Å². The summed E-state index contributed by atoms with van der Waals surface area (Å²) in [5.74, 6) is 0.551. The lowest BCUT2D eigenvalue weighted by Crippen LogP contribution is -2.30. The van der Waals surface area contributed by atoms with Crippen molar-refractivity contribution in [2.45, 2.75) is 38.5 Å². The molecule has 1 N–H and O–H groups in total. The number of rotatable bonds is 5. The number of fused-ring (bicyclic) bond motifs is 1. The fourth-order valence-electron chi connectivity index (χ4n) is 4.59. The zero-order chi connectivity index (χ0) is 21.4. The quantitative estimate of drug-likeness (QED) is 0.661. The lowest BCUT2D eigenvalue weighted by atomic mass is 9.88. The zero-order valence-electron chi connectivity index (χ0n) is 17.8. The van der Waals surface area contributed by atoms with Crippen molar-refractivity contribution in [2.75, 3.05) is 13.1 Å². The summed E-state index contributed by atoms with van der Waals surface area (Å²) in [6.45, 7) is 1.83. The second-order valence-corrected chi connectivity index (χ2v) is 8.51. The predicted octanol–water partition coefficient (Wildman–Crippen LogP) is 4.56. The average Bonchev–Trinajstić information content (AvgIpc) is 3.12. The Morgan fingerprint density at radius 2 is 1.97 bits per heavy atom. The molecular weight excluding hydrogens is 391 g/mol. The summed E-state index contributed by atoms with van der Waals surface area (Å²) in [6.07, 6.45) is 10.3. The highest BCUT2D eigenvalue weighted by Gasteiger charge is 2.22. The van der Waals surface area contributed by atoms with Gasteiger partial charge in [0.25, 0.3) is 5.56 Å². The third-order valence-electron chi connectivity index (χ3n) is 6.55. The Balaban J connectivity index is 1.33. The molecule has 1 saturated carbocycles. The van der Waals surface area contributed by atoms with Gasteiger partial charge in [0.15, 0.2) is 0 Å². The molecule has 5 rings (SSSR count). The SMILES string of the molecule is Cn1ccc2c(=O)[nH]c(CCC(=C3CCC3)N3CC=C(c4ccc(F)cc4)CC3)nc21. The number of aromatic amines is 1. The van der Waals surface area contributed by atoms with E-state index in [0.717, 1.165) is 49.4 Å². The van der Waals surface area contributed by atoms with E-state index in [1.807, 2.05) is 36.0 Å². The highest BCUT2D eigenvalue weighted by Crippen LogP contribution is 2.34. The van der Waals surface area contributed by atoms with Crippen LogP contribution in [-0.2, 0) is 13.5 Å². The first-order chi connectivity index (χ1) is 15.1. The van der Waals surface area contributed by atoms with Gasteiger partial charge < -0.3 is 14.5 Å². The molecule has 0 atom stereocenters. The molecule has 6 heteroatoms. The number of hydrogen-bond acceptors (Lipinski definition) is 3. The molecule has 5 nitrogen and oxygen atoms in total. The summed E-state index contributed by atoms with van der Waals surface area (Å²) in [4.78, 5) is 22.5. The summed E-state index contributed by atoms with van der Waals surface area (Å²) in [5, 5.41) is 0.637. The van der Waals surface area contributed by atoms with Crippen molar-refractivity contribution in [2.24, 2.45) is 7.05 Å². The number of nitrogens with zero attached hydrogens (tertiary/aromatic N) is 3. The Bertz CT molecular complexity index is 1230. The third-order valence-corrected chi connectivity index (χ3v) is 6.55. The van der Waals surface area contributed by atoms with E-state index in [4.69, 9.17) is 4.98 Å². The van der Waals surface area contributed by atoms with Gasteiger partial charge in [0.1, 0.15) is 17.3 Å². The first kappa shape index (κ1) is 19.8. The minimum atomic E-state index is -0.195. The van der Waals surface area contributed by atoms with E-state index in [0.29, 0.717) is 5.39 Å². The topological polar surface area (TPSA) is 53.9 Å². The molecular formula is C25H27FN4O. The van der Waals surface area contributed by atoms with E-state index in [9.17, 15) is 9.18 Å². The minimum absolute atomic E-state index is 0.0664. The van der Waals surface area contributed by atoms with E-state index < -0.39 is 0 Å². The fourth-order valence-corrected chi connectivity index (χ4v) is 4.59. The lowest BCUT2D eigenvalue weighted by molar-refractivity contribution is 0.349. The molecule has 0 bridgehead atoms. The van der Waals surface area contributed by atoms with E-state index in [1.165, 1.54) is 42.7 Å². The second kappa shape index (κ2) is 8.17. The van der Waals surface area contributed by atoms with Crippen LogP contribution in [0.2, 0.25) is 0 Å². The van der Waals surface area contributed by atoms with Crippen molar-refractivity contribution < 1.29 is 4.39 Å². The maximum atomic E-state index is 13.2. The van der Waals surface area contributed by atoms with Gasteiger partial charge in [-0.1, -0.05) is 23.8 Å². The van der Waals surface area contributed by atoms with E-state index in [-0.39, 0.29) is 11.4 Å². The zero-order valence-corrected chi connectivity index (χ0v) is 17.8. The van der Waals surface area contributed by atoms with Crippen LogP contribution >= 0.6 is 0 Å². The van der Waals surface area contributed by atoms with Gasteiger partial charge in [0, 0.05) is 38.5 Å². The first-order valence-corrected chi connectivity index (χ1v) is 11.0. The number of benzene rings is 1. The van der Waals surface area contributed by atoms with Gasteiger partial charge in [-0.15, -0.1) is 0 Å². The molecule has 160 valence electrons. The molecule has 1 fully saturated rings. The Morgan fingerprint density at radius 3 is 2.65 bits per heavy atom. The van der Waals surface area contributed by atoms with Crippen LogP contribution in [-0.4, -0.2) is 32.5 Å². The molecule has 0 radical (unpaired) electrons. The highest BCUT2D eigenvalue weighted by atomic mass is 19.1. The molecule has 1 aromatic carbocycles. The molecule has 3 aromatic rings. The molecule has 2 aromatic heterocycles. The van der Waals surface area contributed by atoms with Gasteiger partial charge in [-0.2, -0.15) is 0 Å². The predicted molar refractivity (Wildman–Crippen MR) is 121 cm³/mol. The molecule has 0 saturated heterocycles. The van der Waals surface area contributed by atoms with Crippen molar-refractivity contribution in [3.05, 3.63) is 81.4 Å². The highest BCUT2D eigenvalue weighted by molar-refractivity contribution is 5.74. The van der Waals surface area contributed by atoms with Crippen LogP contribution in [0.25, 0.3) is 16.6 Å². The summed E-state index contributed by atoms with van der Waals surface area (Å²) in [6, 6.07) is 8.60. The maximum absolute atomic E-state index is 13.2. The van der Waals surface area contributed by atoms with Crippen LogP contribution in [0.5, 0.6) is 0 Å². The largest absolute Gasteiger partial charge is 0.371 e. The number of H-pyrrole nitrogens is 1. The molecule has 1 aliphatic heterocycles. The Kier molecular flexibility index (Phi) is 5.22. The van der Waals surface area contributed by atoms with Crippen LogP contribution in [0.4, 0.5) is 4.39 Å². The Morgan fingerprint density at radius 1 is 1.16 bits per heavy atom. The lowest BCUT2D eigenvalue weighted by Gasteiger charge is -2.35. The van der Waals surface area contributed by atoms with E-state index in [1.54, 1.807) is 5.57 Å². The summed E-state index contributed by atoms with van der Waals surface area (Å²) >= 11 is 0. The number of aromatic nitrogens is 3. The van der Waals surface area contributed by atoms with Gasteiger partial charge in [-0.25, -0.2) is 9.37 Å². The van der Waals surface area contributed by atoms with Gasteiger partial charge >= 0.3 is 0 Å². The summed E-state index contributed by atoms with van der Waals surface area (Å²) in [7, 11) is 1.92. The standard InChI is InChI=1S/C25H27FN4O/c1-29-14-13-21-24(29)27-23(28-25(21)31)10-9-22(19-3-2-4-19)30-15-11-18(12-16-30)17-5-7-20(26)8-6-17/h5-8,11,13-14H,2-4,9-10,12,15-16H2,1H3,(H,27,28,31). The normalized spacial score (nSPS) is 16.4. The third kappa shape index (κ3) is 3.94. The van der Waals surface area contributed by atoms with Crippen molar-refractivity contribution in [3.63, 3.8) is 0 Å². The maximum Gasteiger partial charge on any atom is 0.260 e. The molecule has 0 amide bonds. The van der Waals surface area contributed by atoms with Gasteiger partial charge in [-0.05, 0) is 61.4 Å². The van der Waals surface area contributed by atoms with E-state index >= 15 is 0 Å². The summed E-state index contributed by atoms with van der Waals surface area (Å²) < 4.78 is 15.1. The van der Waals surface area contributed by atoms with Crippen molar-refractivity contribution in [3.8, 4) is 0 Å². The monoisotopic (exact) mass is 418 g/mol. The second-order valence-electron chi connectivity index (χ2n) is 8.51. The van der Waals surface area contributed by atoms with Crippen LogP contribution < -0.4 is 5.56 Å². The number of halogens is 1. The molecule has 31 heavy (non-hydrogen) atoms. The molecule has 2 aliphatic rings. The summed E-state index contributed by atoms with van der Waals surface area (Å²) in [5.41, 5.74) is 6.02.